The number of methoxy groups -OCH3 is 1. The Hall–Kier alpha value is -2.29. The minimum absolute atomic E-state index is 0.113. The maximum atomic E-state index is 13.3. The van der Waals surface area contributed by atoms with E-state index in [2.05, 4.69) is 36.5 Å². The van der Waals surface area contributed by atoms with Crippen LogP contribution in [0.2, 0.25) is 0 Å². The summed E-state index contributed by atoms with van der Waals surface area (Å²) in [6, 6.07) is 14.2. The predicted molar refractivity (Wildman–Crippen MR) is 102 cm³/mol. The fourth-order valence-corrected chi connectivity index (χ4v) is 3.95. The lowest BCUT2D eigenvalue weighted by Gasteiger charge is -2.36. The molecule has 3 rings (SSSR count). The van der Waals surface area contributed by atoms with Gasteiger partial charge in [-0.05, 0) is 56.0 Å². The summed E-state index contributed by atoms with van der Waals surface area (Å²) in [6.07, 6.45) is 5.24. The maximum absolute atomic E-state index is 13.3. The maximum Gasteiger partial charge on any atom is 0.235 e. The Morgan fingerprint density at radius 3 is 2.44 bits per heavy atom. The van der Waals surface area contributed by atoms with Gasteiger partial charge in [-0.25, -0.2) is 0 Å². The van der Waals surface area contributed by atoms with Gasteiger partial charge in [0.1, 0.15) is 5.75 Å². The van der Waals surface area contributed by atoms with Crippen LogP contribution in [0.3, 0.4) is 0 Å². The van der Waals surface area contributed by atoms with Crippen molar-refractivity contribution in [1.29, 1.82) is 0 Å². The van der Waals surface area contributed by atoms with Gasteiger partial charge < -0.3 is 10.1 Å². The molecule has 0 radical (unpaired) electrons. The van der Waals surface area contributed by atoms with Gasteiger partial charge in [0.15, 0.2) is 0 Å². The lowest BCUT2D eigenvalue weighted by atomic mass is 9.68. The summed E-state index contributed by atoms with van der Waals surface area (Å²) in [4.78, 5) is 13.3. The van der Waals surface area contributed by atoms with Crippen LogP contribution >= 0.6 is 0 Å². The molecule has 1 saturated carbocycles. The van der Waals surface area contributed by atoms with Gasteiger partial charge in [-0.15, -0.1) is 0 Å². The second-order valence-corrected chi connectivity index (χ2v) is 7.15. The summed E-state index contributed by atoms with van der Waals surface area (Å²) in [5.74, 6) is 0.950. The third kappa shape index (κ3) is 3.55. The average molecular weight is 337 g/mol. The van der Waals surface area contributed by atoms with Crippen LogP contribution in [0.4, 0.5) is 5.69 Å². The van der Waals surface area contributed by atoms with Crippen molar-refractivity contribution in [3.8, 4) is 5.75 Å². The molecule has 0 unspecified atom stereocenters. The van der Waals surface area contributed by atoms with E-state index in [1.807, 2.05) is 25.1 Å². The highest BCUT2D eigenvalue weighted by Gasteiger charge is 2.41. The van der Waals surface area contributed by atoms with Crippen LogP contribution in [-0.2, 0) is 10.2 Å². The van der Waals surface area contributed by atoms with E-state index in [0.29, 0.717) is 0 Å². The molecule has 1 aliphatic rings. The molecule has 3 nitrogen and oxygen atoms in total. The molecule has 0 saturated heterocycles. The quantitative estimate of drug-likeness (QED) is 0.837. The number of aryl methyl sites for hydroxylation is 2. The van der Waals surface area contributed by atoms with Crippen molar-refractivity contribution in [2.45, 2.75) is 51.4 Å². The van der Waals surface area contributed by atoms with Crippen LogP contribution in [0.5, 0.6) is 5.75 Å². The SMILES string of the molecule is COc1ccc(NC(=O)C2(c3cccc(C)c3)CCCCC2)cc1C. The van der Waals surface area contributed by atoms with Crippen molar-refractivity contribution in [1.82, 2.24) is 0 Å². The minimum atomic E-state index is -0.419. The second-order valence-electron chi connectivity index (χ2n) is 7.15. The number of ether oxygens (including phenoxy) is 1. The van der Waals surface area contributed by atoms with E-state index < -0.39 is 5.41 Å². The zero-order valence-corrected chi connectivity index (χ0v) is 15.4. The Morgan fingerprint density at radius 2 is 1.80 bits per heavy atom. The standard InChI is InChI=1S/C22H27NO2/c1-16-8-7-9-18(14-16)22(12-5-4-6-13-22)21(24)23-19-10-11-20(25-3)17(2)15-19/h7-11,14-15H,4-6,12-13H2,1-3H3,(H,23,24). The lowest BCUT2D eigenvalue weighted by Crippen LogP contribution is -2.42. The molecule has 3 heteroatoms. The van der Waals surface area contributed by atoms with Crippen molar-refractivity contribution in [3.63, 3.8) is 0 Å². The molecule has 25 heavy (non-hydrogen) atoms. The molecule has 0 aliphatic heterocycles. The first-order valence-electron chi connectivity index (χ1n) is 9.08. The Kier molecular flexibility index (Phi) is 5.12. The Bertz CT molecular complexity index is 760. The van der Waals surface area contributed by atoms with Crippen LogP contribution in [0.1, 0.15) is 48.8 Å². The monoisotopic (exact) mass is 337 g/mol. The molecule has 0 spiro atoms. The highest BCUT2D eigenvalue weighted by Crippen LogP contribution is 2.41. The van der Waals surface area contributed by atoms with E-state index in [0.717, 1.165) is 48.2 Å². The third-order valence-electron chi connectivity index (χ3n) is 5.37. The topological polar surface area (TPSA) is 38.3 Å². The van der Waals surface area contributed by atoms with Crippen molar-refractivity contribution in [2.75, 3.05) is 12.4 Å². The third-order valence-corrected chi connectivity index (χ3v) is 5.37. The summed E-state index contributed by atoms with van der Waals surface area (Å²) >= 11 is 0. The Morgan fingerprint density at radius 1 is 1.04 bits per heavy atom. The van der Waals surface area contributed by atoms with E-state index in [-0.39, 0.29) is 5.91 Å². The van der Waals surface area contributed by atoms with Gasteiger partial charge in [0.25, 0.3) is 0 Å². The fraction of sp³-hybridized carbons (Fsp3) is 0.409. The molecule has 2 aromatic carbocycles. The predicted octanol–water partition coefficient (Wildman–Crippen LogP) is 5.15. The normalized spacial score (nSPS) is 16.3. The first kappa shape index (κ1) is 17.5. The first-order valence-corrected chi connectivity index (χ1v) is 9.08. The molecule has 1 amide bonds. The minimum Gasteiger partial charge on any atom is -0.496 e. The smallest absolute Gasteiger partial charge is 0.235 e. The first-order chi connectivity index (χ1) is 12.0. The van der Waals surface area contributed by atoms with E-state index >= 15 is 0 Å². The Labute approximate surface area is 150 Å². The summed E-state index contributed by atoms with van der Waals surface area (Å²) in [7, 11) is 1.66. The zero-order valence-electron chi connectivity index (χ0n) is 15.4. The molecule has 0 bridgehead atoms. The van der Waals surface area contributed by atoms with Gasteiger partial charge in [-0.1, -0.05) is 49.1 Å². The average Bonchev–Trinajstić information content (AvgIpc) is 2.62. The van der Waals surface area contributed by atoms with Crippen LogP contribution < -0.4 is 10.1 Å². The highest BCUT2D eigenvalue weighted by molar-refractivity contribution is 5.99. The molecule has 0 atom stereocenters. The van der Waals surface area contributed by atoms with Crippen molar-refractivity contribution >= 4 is 11.6 Å². The lowest BCUT2D eigenvalue weighted by molar-refractivity contribution is -0.122. The van der Waals surface area contributed by atoms with E-state index in [4.69, 9.17) is 4.74 Å². The summed E-state index contributed by atoms with van der Waals surface area (Å²) in [6.45, 7) is 4.08. The van der Waals surface area contributed by atoms with Crippen LogP contribution in [0, 0.1) is 13.8 Å². The van der Waals surface area contributed by atoms with Gasteiger partial charge in [-0.3, -0.25) is 4.79 Å². The van der Waals surface area contributed by atoms with Crippen LogP contribution in [-0.4, -0.2) is 13.0 Å². The number of carbonyl (C=O) groups is 1. The van der Waals surface area contributed by atoms with Crippen molar-refractivity contribution < 1.29 is 9.53 Å². The van der Waals surface area contributed by atoms with Gasteiger partial charge >= 0.3 is 0 Å². The van der Waals surface area contributed by atoms with E-state index in [1.165, 1.54) is 12.0 Å². The largest absolute Gasteiger partial charge is 0.496 e. The number of carbonyl (C=O) groups excluding carboxylic acids is 1. The summed E-state index contributed by atoms with van der Waals surface area (Å²) in [5, 5.41) is 3.17. The van der Waals surface area contributed by atoms with Crippen LogP contribution in [0.25, 0.3) is 0 Å². The summed E-state index contributed by atoms with van der Waals surface area (Å²) in [5.41, 5.74) is 3.79. The van der Waals surface area contributed by atoms with Gasteiger partial charge in [0, 0.05) is 5.69 Å². The molecule has 1 aliphatic carbocycles. The number of benzene rings is 2. The number of amides is 1. The van der Waals surface area contributed by atoms with E-state index in [1.54, 1.807) is 7.11 Å². The molecule has 1 fully saturated rings. The van der Waals surface area contributed by atoms with Crippen molar-refractivity contribution in [2.24, 2.45) is 0 Å². The number of hydrogen-bond acceptors (Lipinski definition) is 2. The molecule has 1 N–H and O–H groups in total. The molecule has 2 aromatic rings. The van der Waals surface area contributed by atoms with Gasteiger partial charge in [0.05, 0.1) is 12.5 Å². The highest BCUT2D eigenvalue weighted by atomic mass is 16.5. The zero-order chi connectivity index (χ0) is 17.9. The van der Waals surface area contributed by atoms with Crippen LogP contribution in [0.15, 0.2) is 42.5 Å². The van der Waals surface area contributed by atoms with Gasteiger partial charge in [0.2, 0.25) is 5.91 Å². The van der Waals surface area contributed by atoms with Gasteiger partial charge in [-0.2, -0.15) is 0 Å². The van der Waals surface area contributed by atoms with Crippen molar-refractivity contribution in [3.05, 3.63) is 59.2 Å². The molecule has 132 valence electrons. The molecular weight excluding hydrogens is 310 g/mol. The van der Waals surface area contributed by atoms with E-state index in [9.17, 15) is 4.79 Å². The number of rotatable bonds is 4. The second kappa shape index (κ2) is 7.30. The number of nitrogens with one attached hydrogen (secondary N) is 1. The molecule has 0 heterocycles. The Balaban J connectivity index is 1.91. The number of hydrogen-bond donors (Lipinski definition) is 1. The molecular formula is C22H27NO2. The summed E-state index contributed by atoms with van der Waals surface area (Å²) < 4.78 is 5.31. The molecule has 0 aromatic heterocycles. The fourth-order valence-electron chi connectivity index (χ4n) is 3.95. The number of anilines is 1.